The van der Waals surface area contributed by atoms with E-state index in [-0.39, 0.29) is 18.1 Å². The van der Waals surface area contributed by atoms with E-state index in [0.717, 1.165) is 8.95 Å². The Morgan fingerprint density at radius 1 is 1.14 bits per heavy atom. The molecule has 0 aromatic heterocycles. The number of carbonyl (C=O) groups excluding carboxylic acids is 1. The number of carbonyl (C=O) groups is 1. The van der Waals surface area contributed by atoms with E-state index in [9.17, 15) is 9.90 Å². The summed E-state index contributed by atoms with van der Waals surface area (Å²) in [4.78, 5) is 11.8. The first kappa shape index (κ1) is 15.8. The lowest BCUT2D eigenvalue weighted by Crippen LogP contribution is -2.09. The van der Waals surface area contributed by atoms with Crippen molar-refractivity contribution in [3.05, 3.63) is 69.1 Å². The van der Waals surface area contributed by atoms with Crippen LogP contribution in [-0.2, 0) is 4.79 Å². The van der Waals surface area contributed by atoms with Gasteiger partial charge >= 0.3 is 0 Å². The first-order valence-corrected chi connectivity index (χ1v) is 7.71. The van der Waals surface area contributed by atoms with Crippen LogP contribution in [0.25, 0.3) is 5.76 Å². The van der Waals surface area contributed by atoms with E-state index in [1.165, 1.54) is 6.08 Å². The number of hydrogen-bond acceptors (Lipinski definition) is 3. The summed E-state index contributed by atoms with van der Waals surface area (Å²) in [6, 6.07) is 14.3. The van der Waals surface area contributed by atoms with Gasteiger partial charge in [0.2, 0.25) is 0 Å². The van der Waals surface area contributed by atoms with Crippen LogP contribution in [0, 0.1) is 0 Å². The number of ketones is 1. The van der Waals surface area contributed by atoms with Crippen molar-refractivity contribution in [1.29, 1.82) is 0 Å². The minimum atomic E-state index is -0.316. The Hall–Kier alpha value is -1.59. The fourth-order valence-electron chi connectivity index (χ4n) is 1.62. The third-order valence-electron chi connectivity index (χ3n) is 2.63. The number of rotatable bonds is 5. The molecule has 0 aliphatic heterocycles. The van der Waals surface area contributed by atoms with Gasteiger partial charge in [0.05, 0.1) is 4.47 Å². The molecule has 108 valence electrons. The van der Waals surface area contributed by atoms with E-state index in [0.29, 0.717) is 11.3 Å². The van der Waals surface area contributed by atoms with Gasteiger partial charge in [-0.25, -0.2) is 0 Å². The van der Waals surface area contributed by atoms with Gasteiger partial charge in [-0.3, -0.25) is 4.79 Å². The summed E-state index contributed by atoms with van der Waals surface area (Å²) >= 11 is 6.68. The van der Waals surface area contributed by atoms with Crippen molar-refractivity contribution in [2.75, 3.05) is 6.61 Å². The monoisotopic (exact) mass is 410 g/mol. The summed E-state index contributed by atoms with van der Waals surface area (Å²) in [6.45, 7) is -0.147. The number of aliphatic hydroxyl groups is 1. The zero-order chi connectivity index (χ0) is 15.2. The first-order chi connectivity index (χ1) is 10.1. The van der Waals surface area contributed by atoms with E-state index in [4.69, 9.17) is 4.74 Å². The van der Waals surface area contributed by atoms with Crippen LogP contribution in [0.3, 0.4) is 0 Å². The Kier molecular flexibility index (Phi) is 5.59. The van der Waals surface area contributed by atoms with Crippen molar-refractivity contribution in [2.24, 2.45) is 0 Å². The second kappa shape index (κ2) is 7.43. The Bertz CT molecular complexity index is 666. The second-order valence-corrected chi connectivity index (χ2v) is 6.00. The quantitative estimate of drug-likeness (QED) is 0.569. The van der Waals surface area contributed by atoms with Crippen molar-refractivity contribution < 1.29 is 14.6 Å². The van der Waals surface area contributed by atoms with Crippen molar-refractivity contribution in [3.63, 3.8) is 0 Å². The summed E-state index contributed by atoms with van der Waals surface area (Å²) < 4.78 is 7.05. The third kappa shape index (κ3) is 4.72. The van der Waals surface area contributed by atoms with E-state index in [1.54, 1.807) is 30.3 Å². The predicted molar refractivity (Wildman–Crippen MR) is 89.4 cm³/mol. The molecule has 2 rings (SSSR count). The molecule has 0 heterocycles. The van der Waals surface area contributed by atoms with Crippen LogP contribution < -0.4 is 4.74 Å². The number of halogens is 2. The maximum atomic E-state index is 11.8. The summed E-state index contributed by atoms with van der Waals surface area (Å²) in [7, 11) is 0. The highest BCUT2D eigenvalue weighted by Crippen LogP contribution is 2.28. The molecule has 0 amide bonds. The minimum absolute atomic E-state index is 0.0718. The van der Waals surface area contributed by atoms with E-state index in [2.05, 4.69) is 31.9 Å². The standard InChI is InChI=1S/C16H12Br2O3/c17-12-6-7-14(18)16(8-12)21-10-13(19)9-15(20)11-4-2-1-3-5-11/h1-9,20H,10H2. The summed E-state index contributed by atoms with van der Waals surface area (Å²) in [6.07, 6.45) is 1.17. The number of ether oxygens (including phenoxy) is 1. The Balaban J connectivity index is 2.01. The maximum absolute atomic E-state index is 11.8. The summed E-state index contributed by atoms with van der Waals surface area (Å²) in [5.74, 6) is 0.172. The summed E-state index contributed by atoms with van der Waals surface area (Å²) in [5.41, 5.74) is 0.592. The largest absolute Gasteiger partial charge is 0.507 e. The number of benzene rings is 2. The topological polar surface area (TPSA) is 46.5 Å². The molecule has 0 fully saturated rings. The molecule has 0 aliphatic rings. The fraction of sp³-hybridized carbons (Fsp3) is 0.0625. The molecule has 0 saturated carbocycles. The molecule has 2 aromatic carbocycles. The molecule has 0 atom stereocenters. The molecule has 5 heteroatoms. The average molecular weight is 412 g/mol. The van der Waals surface area contributed by atoms with Crippen LogP contribution in [0.2, 0.25) is 0 Å². The van der Waals surface area contributed by atoms with Gasteiger partial charge < -0.3 is 9.84 Å². The molecular formula is C16H12Br2O3. The summed E-state index contributed by atoms with van der Waals surface area (Å²) in [5, 5.41) is 9.85. The van der Waals surface area contributed by atoms with Gasteiger partial charge in [-0.05, 0) is 34.1 Å². The van der Waals surface area contributed by atoms with Crippen molar-refractivity contribution in [3.8, 4) is 5.75 Å². The lowest BCUT2D eigenvalue weighted by atomic mass is 10.1. The van der Waals surface area contributed by atoms with Crippen LogP contribution in [0.15, 0.2) is 63.6 Å². The third-order valence-corrected chi connectivity index (χ3v) is 3.78. The molecule has 0 unspecified atom stereocenters. The van der Waals surface area contributed by atoms with Gasteiger partial charge in [0, 0.05) is 16.1 Å². The van der Waals surface area contributed by atoms with Crippen LogP contribution in [0.5, 0.6) is 5.75 Å². The Morgan fingerprint density at radius 3 is 2.57 bits per heavy atom. The van der Waals surface area contributed by atoms with Crippen molar-refractivity contribution in [1.82, 2.24) is 0 Å². The van der Waals surface area contributed by atoms with Gasteiger partial charge in [0.25, 0.3) is 0 Å². The van der Waals surface area contributed by atoms with Crippen molar-refractivity contribution >= 4 is 43.4 Å². The van der Waals surface area contributed by atoms with Crippen LogP contribution in [-0.4, -0.2) is 17.5 Å². The van der Waals surface area contributed by atoms with E-state index >= 15 is 0 Å². The van der Waals surface area contributed by atoms with E-state index in [1.807, 2.05) is 18.2 Å². The first-order valence-electron chi connectivity index (χ1n) is 6.13. The zero-order valence-corrected chi connectivity index (χ0v) is 14.1. The van der Waals surface area contributed by atoms with Gasteiger partial charge in [-0.1, -0.05) is 46.3 Å². The fourth-order valence-corrected chi connectivity index (χ4v) is 2.32. The SMILES string of the molecule is O=C(C=C(O)c1ccccc1)COc1cc(Br)ccc1Br. The molecular weight excluding hydrogens is 400 g/mol. The van der Waals surface area contributed by atoms with Crippen LogP contribution >= 0.6 is 31.9 Å². The number of hydrogen-bond donors (Lipinski definition) is 1. The smallest absolute Gasteiger partial charge is 0.196 e. The molecule has 0 spiro atoms. The van der Waals surface area contributed by atoms with Crippen LogP contribution in [0.4, 0.5) is 0 Å². The Labute approximate surface area is 139 Å². The maximum Gasteiger partial charge on any atom is 0.196 e. The van der Waals surface area contributed by atoms with Crippen LogP contribution in [0.1, 0.15) is 5.56 Å². The minimum Gasteiger partial charge on any atom is -0.507 e. The predicted octanol–water partition coefficient (Wildman–Crippen LogP) is 4.76. The lowest BCUT2D eigenvalue weighted by Gasteiger charge is -2.07. The normalized spacial score (nSPS) is 11.2. The number of aliphatic hydroxyl groups excluding tert-OH is 1. The lowest BCUT2D eigenvalue weighted by molar-refractivity contribution is -0.116. The molecule has 0 radical (unpaired) electrons. The van der Waals surface area contributed by atoms with Gasteiger partial charge in [-0.15, -0.1) is 0 Å². The Morgan fingerprint density at radius 2 is 1.86 bits per heavy atom. The molecule has 1 N–H and O–H groups in total. The molecule has 0 bridgehead atoms. The van der Waals surface area contributed by atoms with Gasteiger partial charge in [0.1, 0.15) is 11.5 Å². The van der Waals surface area contributed by atoms with Gasteiger partial charge in [-0.2, -0.15) is 0 Å². The second-order valence-electron chi connectivity index (χ2n) is 4.23. The highest BCUT2D eigenvalue weighted by molar-refractivity contribution is 9.11. The molecule has 0 saturated heterocycles. The van der Waals surface area contributed by atoms with Gasteiger partial charge in [0.15, 0.2) is 12.4 Å². The molecule has 21 heavy (non-hydrogen) atoms. The highest BCUT2D eigenvalue weighted by Gasteiger charge is 2.07. The zero-order valence-electron chi connectivity index (χ0n) is 10.9. The molecule has 0 aliphatic carbocycles. The van der Waals surface area contributed by atoms with E-state index < -0.39 is 0 Å². The van der Waals surface area contributed by atoms with Crippen molar-refractivity contribution in [2.45, 2.75) is 0 Å². The highest BCUT2D eigenvalue weighted by atomic mass is 79.9. The molecule has 3 nitrogen and oxygen atoms in total. The molecule has 2 aromatic rings. The average Bonchev–Trinajstić information content (AvgIpc) is 2.49.